The number of aryl methyl sites for hydroxylation is 2. The van der Waals surface area contributed by atoms with E-state index in [0.29, 0.717) is 26.3 Å². The van der Waals surface area contributed by atoms with Crippen molar-refractivity contribution in [1.82, 2.24) is 14.9 Å². The molecule has 1 aromatic carbocycles. The number of hydrogen-bond donors (Lipinski definition) is 1. The number of carbonyl (C=O) groups excluding carboxylic acids is 1. The molecule has 0 atom stereocenters. The molecule has 7 heteroatoms. The third-order valence-corrected chi connectivity index (χ3v) is 5.02. The van der Waals surface area contributed by atoms with Gasteiger partial charge >= 0.3 is 6.03 Å². The summed E-state index contributed by atoms with van der Waals surface area (Å²) in [6.45, 7) is 8.17. The monoisotopic (exact) mass is 367 g/mol. The number of carbonyl (C=O) groups is 1. The molecule has 1 fully saturated rings. The first kappa shape index (κ1) is 17.7. The van der Waals surface area contributed by atoms with Crippen LogP contribution in [0, 0.1) is 13.8 Å². The summed E-state index contributed by atoms with van der Waals surface area (Å²) in [7, 11) is 0. The number of nitrogens with one attached hydrogen (secondary N) is 1. The number of fused-ring (bicyclic) bond motifs is 1. The van der Waals surface area contributed by atoms with Gasteiger partial charge in [0, 0.05) is 37.3 Å². The van der Waals surface area contributed by atoms with Crippen molar-refractivity contribution in [2.45, 2.75) is 26.8 Å². The first-order valence-corrected chi connectivity index (χ1v) is 9.42. The van der Waals surface area contributed by atoms with E-state index in [1.165, 1.54) is 0 Å². The van der Waals surface area contributed by atoms with Crippen molar-refractivity contribution >= 4 is 17.5 Å². The van der Waals surface area contributed by atoms with Gasteiger partial charge in [0.15, 0.2) is 0 Å². The highest BCUT2D eigenvalue weighted by atomic mass is 16.5. The number of ether oxygens (including phenoxy) is 1. The van der Waals surface area contributed by atoms with Crippen molar-refractivity contribution in [3.8, 4) is 0 Å². The average Bonchev–Trinajstić information content (AvgIpc) is 2.67. The predicted molar refractivity (Wildman–Crippen MR) is 104 cm³/mol. The largest absolute Gasteiger partial charge is 0.378 e. The Balaban J connectivity index is 1.55. The summed E-state index contributed by atoms with van der Waals surface area (Å²) in [6.07, 6.45) is 0.747. The zero-order valence-electron chi connectivity index (χ0n) is 15.9. The van der Waals surface area contributed by atoms with Gasteiger partial charge in [-0.25, -0.2) is 14.8 Å². The maximum atomic E-state index is 12.8. The first-order chi connectivity index (χ1) is 13.1. The van der Waals surface area contributed by atoms with Crippen LogP contribution in [0.5, 0.6) is 0 Å². The number of benzene rings is 1. The van der Waals surface area contributed by atoms with E-state index in [0.717, 1.165) is 53.7 Å². The van der Waals surface area contributed by atoms with Crippen molar-refractivity contribution in [1.29, 1.82) is 0 Å². The molecule has 4 rings (SSSR count). The summed E-state index contributed by atoms with van der Waals surface area (Å²) >= 11 is 0. The minimum atomic E-state index is -0.0836. The van der Waals surface area contributed by atoms with E-state index in [1.54, 1.807) is 0 Å². The number of amides is 2. The summed E-state index contributed by atoms with van der Waals surface area (Å²) < 4.78 is 5.47. The molecule has 1 aromatic heterocycles. The van der Waals surface area contributed by atoms with Crippen LogP contribution in [0.4, 0.5) is 16.3 Å². The molecule has 3 heterocycles. The number of anilines is 2. The standard InChI is InChI=1S/C20H25N5O2/c1-14-4-3-5-16(12-14)23-20(26)25-7-6-18-17(13-25)19(22-15(2)21-18)24-8-10-27-11-9-24/h3-5,12H,6-11,13H2,1-2H3,(H,23,26). The van der Waals surface area contributed by atoms with Gasteiger partial charge in [-0.2, -0.15) is 0 Å². The Labute approximate surface area is 159 Å². The van der Waals surface area contributed by atoms with Gasteiger partial charge < -0.3 is 19.9 Å². The molecule has 0 spiro atoms. The molecular weight excluding hydrogens is 342 g/mol. The SMILES string of the molecule is Cc1cccc(NC(=O)N2CCc3nc(C)nc(N4CCOCC4)c3C2)c1. The van der Waals surface area contributed by atoms with Crippen molar-refractivity contribution in [3.63, 3.8) is 0 Å². The summed E-state index contributed by atoms with van der Waals surface area (Å²) in [5.74, 6) is 1.74. The van der Waals surface area contributed by atoms with Gasteiger partial charge in [0.05, 0.1) is 25.5 Å². The van der Waals surface area contributed by atoms with Gasteiger partial charge in [-0.15, -0.1) is 0 Å². The minimum Gasteiger partial charge on any atom is -0.378 e. The highest BCUT2D eigenvalue weighted by Crippen LogP contribution is 2.27. The quantitative estimate of drug-likeness (QED) is 0.883. The number of urea groups is 1. The third-order valence-electron chi connectivity index (χ3n) is 5.02. The highest BCUT2D eigenvalue weighted by molar-refractivity contribution is 5.89. The lowest BCUT2D eigenvalue weighted by molar-refractivity contribution is 0.122. The molecule has 2 aliphatic rings. The van der Waals surface area contributed by atoms with E-state index in [9.17, 15) is 4.79 Å². The van der Waals surface area contributed by atoms with Crippen LogP contribution in [-0.4, -0.2) is 53.7 Å². The molecule has 27 heavy (non-hydrogen) atoms. The minimum absolute atomic E-state index is 0.0836. The van der Waals surface area contributed by atoms with Gasteiger partial charge in [0.25, 0.3) is 0 Å². The summed E-state index contributed by atoms with van der Waals surface area (Å²) in [4.78, 5) is 26.2. The predicted octanol–water partition coefficient (Wildman–Crippen LogP) is 2.52. The van der Waals surface area contributed by atoms with Gasteiger partial charge in [-0.05, 0) is 31.5 Å². The second-order valence-corrected chi connectivity index (χ2v) is 7.09. The fraction of sp³-hybridized carbons (Fsp3) is 0.450. The van der Waals surface area contributed by atoms with Crippen molar-refractivity contribution < 1.29 is 9.53 Å². The van der Waals surface area contributed by atoms with Gasteiger partial charge in [-0.3, -0.25) is 0 Å². The van der Waals surface area contributed by atoms with Crippen LogP contribution in [0.15, 0.2) is 24.3 Å². The maximum absolute atomic E-state index is 12.8. The molecule has 2 amide bonds. The molecule has 1 saturated heterocycles. The highest BCUT2D eigenvalue weighted by Gasteiger charge is 2.27. The molecule has 0 radical (unpaired) electrons. The topological polar surface area (TPSA) is 70.6 Å². The van der Waals surface area contributed by atoms with Crippen molar-refractivity contribution in [2.24, 2.45) is 0 Å². The lowest BCUT2D eigenvalue weighted by Gasteiger charge is -2.34. The van der Waals surface area contributed by atoms with Gasteiger partial charge in [0.2, 0.25) is 0 Å². The molecule has 2 aromatic rings. The van der Waals surface area contributed by atoms with Gasteiger partial charge in [0.1, 0.15) is 11.6 Å². The lowest BCUT2D eigenvalue weighted by Crippen LogP contribution is -2.42. The summed E-state index contributed by atoms with van der Waals surface area (Å²) in [6, 6.07) is 7.76. The average molecular weight is 367 g/mol. The zero-order chi connectivity index (χ0) is 18.8. The number of morpholine rings is 1. The lowest BCUT2D eigenvalue weighted by atomic mass is 10.1. The Kier molecular flexibility index (Phi) is 4.94. The Morgan fingerprint density at radius 3 is 2.74 bits per heavy atom. The molecule has 0 unspecified atom stereocenters. The van der Waals surface area contributed by atoms with E-state index in [4.69, 9.17) is 9.72 Å². The smallest absolute Gasteiger partial charge is 0.322 e. The Bertz CT molecular complexity index is 848. The van der Waals surface area contributed by atoms with Crippen LogP contribution in [0.25, 0.3) is 0 Å². The Hall–Kier alpha value is -2.67. The van der Waals surface area contributed by atoms with Crippen molar-refractivity contribution in [3.05, 3.63) is 46.9 Å². The Morgan fingerprint density at radius 2 is 1.96 bits per heavy atom. The van der Waals surface area contributed by atoms with E-state index in [1.807, 2.05) is 43.0 Å². The molecule has 1 N–H and O–H groups in total. The molecular formula is C20H25N5O2. The molecule has 7 nitrogen and oxygen atoms in total. The molecule has 0 saturated carbocycles. The van der Waals surface area contributed by atoms with Crippen LogP contribution < -0.4 is 10.2 Å². The number of aromatic nitrogens is 2. The first-order valence-electron chi connectivity index (χ1n) is 9.42. The fourth-order valence-corrected chi connectivity index (χ4v) is 3.65. The maximum Gasteiger partial charge on any atom is 0.322 e. The molecule has 0 bridgehead atoms. The summed E-state index contributed by atoms with van der Waals surface area (Å²) in [5.41, 5.74) is 4.06. The molecule has 0 aliphatic carbocycles. The molecule has 142 valence electrons. The normalized spacial score (nSPS) is 16.8. The number of nitrogens with zero attached hydrogens (tertiary/aromatic N) is 4. The van der Waals surface area contributed by atoms with Crippen LogP contribution in [0.2, 0.25) is 0 Å². The molecule has 2 aliphatic heterocycles. The van der Waals surface area contributed by atoms with E-state index < -0.39 is 0 Å². The van der Waals surface area contributed by atoms with E-state index >= 15 is 0 Å². The number of rotatable bonds is 2. The second-order valence-electron chi connectivity index (χ2n) is 7.09. The van der Waals surface area contributed by atoms with Crippen LogP contribution >= 0.6 is 0 Å². The van der Waals surface area contributed by atoms with Gasteiger partial charge in [-0.1, -0.05) is 12.1 Å². The zero-order valence-corrected chi connectivity index (χ0v) is 15.9. The Morgan fingerprint density at radius 1 is 1.15 bits per heavy atom. The van der Waals surface area contributed by atoms with Crippen LogP contribution in [0.3, 0.4) is 0 Å². The van der Waals surface area contributed by atoms with Crippen LogP contribution in [-0.2, 0) is 17.7 Å². The van der Waals surface area contributed by atoms with E-state index in [2.05, 4.69) is 15.2 Å². The van der Waals surface area contributed by atoms with E-state index in [-0.39, 0.29) is 6.03 Å². The fourth-order valence-electron chi connectivity index (χ4n) is 3.65. The summed E-state index contributed by atoms with van der Waals surface area (Å²) in [5, 5.41) is 3.01. The number of hydrogen-bond acceptors (Lipinski definition) is 5. The van der Waals surface area contributed by atoms with Crippen LogP contribution in [0.1, 0.15) is 22.6 Å². The third kappa shape index (κ3) is 3.88. The second kappa shape index (κ2) is 7.52. The van der Waals surface area contributed by atoms with Crippen molar-refractivity contribution in [2.75, 3.05) is 43.1 Å².